The fourth-order valence-electron chi connectivity index (χ4n) is 2.07. The Hall–Kier alpha value is -2.73. The Labute approximate surface area is 151 Å². The smallest absolute Gasteiger partial charge is 0.276 e. The Kier molecular flexibility index (Phi) is 7.10. The zero-order valence-corrected chi connectivity index (χ0v) is 14.5. The average Bonchev–Trinajstić information content (AvgIpc) is 2.64. The summed E-state index contributed by atoms with van der Waals surface area (Å²) in [5.74, 6) is 0.187. The van der Waals surface area contributed by atoms with Crippen LogP contribution in [0.2, 0.25) is 5.02 Å². The van der Waals surface area contributed by atoms with Gasteiger partial charge in [0.2, 0.25) is 5.91 Å². The van der Waals surface area contributed by atoms with E-state index in [4.69, 9.17) is 21.1 Å². The maximum absolute atomic E-state index is 11.8. The van der Waals surface area contributed by atoms with Crippen molar-refractivity contribution in [2.24, 2.45) is 0 Å². The molecule has 7 heteroatoms. The Bertz CT molecular complexity index is 737. The summed E-state index contributed by atoms with van der Waals surface area (Å²) >= 11 is 6.03. The predicted molar refractivity (Wildman–Crippen MR) is 94.5 cm³/mol. The normalized spacial score (nSPS) is 10.0. The number of halogens is 1. The van der Waals surface area contributed by atoms with Crippen molar-refractivity contribution in [2.45, 2.75) is 12.8 Å². The fourth-order valence-corrected chi connectivity index (χ4v) is 2.30. The van der Waals surface area contributed by atoms with Gasteiger partial charge in [0.1, 0.15) is 0 Å². The molecule has 0 saturated carbocycles. The maximum Gasteiger partial charge on any atom is 0.276 e. The number of methoxy groups -OCH3 is 1. The highest BCUT2D eigenvalue weighted by molar-refractivity contribution is 6.31. The number of hydrogen-bond acceptors (Lipinski definition) is 4. The molecule has 2 amide bonds. The molecule has 0 aliphatic carbocycles. The molecule has 0 aliphatic rings. The summed E-state index contributed by atoms with van der Waals surface area (Å²) in [5.41, 5.74) is 5.53. The zero-order valence-electron chi connectivity index (χ0n) is 13.8. The van der Waals surface area contributed by atoms with Crippen LogP contribution in [0, 0.1) is 0 Å². The van der Waals surface area contributed by atoms with Crippen LogP contribution in [0.15, 0.2) is 48.5 Å². The van der Waals surface area contributed by atoms with Gasteiger partial charge in [-0.25, -0.2) is 0 Å². The van der Waals surface area contributed by atoms with Gasteiger partial charge in [-0.15, -0.1) is 0 Å². The molecule has 6 nitrogen and oxygen atoms in total. The predicted octanol–water partition coefficient (Wildman–Crippen LogP) is 2.51. The molecule has 2 aromatic rings. The van der Waals surface area contributed by atoms with Crippen molar-refractivity contribution in [1.82, 2.24) is 10.9 Å². The summed E-state index contributed by atoms with van der Waals surface area (Å²) in [6.07, 6.45) is 0.691. The fraction of sp³-hybridized carbons (Fsp3) is 0.222. The lowest BCUT2D eigenvalue weighted by molar-refractivity contribution is -0.130. The lowest BCUT2D eigenvalue weighted by Gasteiger charge is -2.11. The van der Waals surface area contributed by atoms with Gasteiger partial charge in [-0.1, -0.05) is 41.9 Å². The van der Waals surface area contributed by atoms with Crippen molar-refractivity contribution in [2.75, 3.05) is 13.7 Å². The molecule has 0 heterocycles. The van der Waals surface area contributed by atoms with Gasteiger partial charge < -0.3 is 9.47 Å². The highest BCUT2D eigenvalue weighted by Gasteiger charge is 2.09. The van der Waals surface area contributed by atoms with Crippen LogP contribution in [0.4, 0.5) is 0 Å². The molecule has 0 bridgehead atoms. The van der Waals surface area contributed by atoms with E-state index in [1.54, 1.807) is 30.3 Å². The van der Waals surface area contributed by atoms with Gasteiger partial charge in [-0.05, 0) is 30.2 Å². The quantitative estimate of drug-likeness (QED) is 0.742. The lowest BCUT2D eigenvalue weighted by atomic mass is 10.1. The highest BCUT2D eigenvalue weighted by Crippen LogP contribution is 2.25. The largest absolute Gasteiger partial charge is 0.493 e. The van der Waals surface area contributed by atoms with Gasteiger partial charge in [0.25, 0.3) is 5.91 Å². The maximum atomic E-state index is 11.8. The average molecular weight is 363 g/mol. The van der Waals surface area contributed by atoms with E-state index in [1.165, 1.54) is 7.11 Å². The van der Waals surface area contributed by atoms with E-state index < -0.39 is 5.91 Å². The molecule has 0 aliphatic heterocycles. The molecular formula is C18H19ClN2O4. The minimum Gasteiger partial charge on any atom is -0.493 e. The third-order valence-electron chi connectivity index (χ3n) is 3.35. The molecular weight excluding hydrogens is 344 g/mol. The van der Waals surface area contributed by atoms with Crippen molar-refractivity contribution in [3.05, 3.63) is 59.1 Å². The third kappa shape index (κ3) is 6.00. The summed E-state index contributed by atoms with van der Waals surface area (Å²) in [6.45, 7) is -0.245. The van der Waals surface area contributed by atoms with Crippen molar-refractivity contribution in [3.63, 3.8) is 0 Å². The standard InChI is InChI=1S/C18H19ClN2O4/c1-24-15-8-4-5-9-16(15)25-12-18(23)21-20-17(22)11-10-13-6-2-3-7-14(13)19/h2-9H,10-12H2,1H3,(H,20,22)(H,21,23). The van der Waals surface area contributed by atoms with E-state index in [0.29, 0.717) is 22.9 Å². The number of nitrogens with one attached hydrogen (secondary N) is 2. The number of rotatable bonds is 7. The molecule has 132 valence electrons. The van der Waals surface area contributed by atoms with Crippen LogP contribution < -0.4 is 20.3 Å². The van der Waals surface area contributed by atoms with Crippen LogP contribution >= 0.6 is 11.6 Å². The lowest BCUT2D eigenvalue weighted by Crippen LogP contribution is -2.43. The van der Waals surface area contributed by atoms with Gasteiger partial charge in [-0.3, -0.25) is 20.4 Å². The van der Waals surface area contributed by atoms with E-state index >= 15 is 0 Å². The summed E-state index contributed by atoms with van der Waals surface area (Å²) in [4.78, 5) is 23.5. The molecule has 0 saturated heterocycles. The number of carbonyl (C=O) groups is 2. The zero-order chi connectivity index (χ0) is 18.1. The van der Waals surface area contributed by atoms with Crippen molar-refractivity contribution < 1.29 is 19.1 Å². The van der Waals surface area contributed by atoms with Crippen molar-refractivity contribution in [3.8, 4) is 11.5 Å². The molecule has 2 aromatic carbocycles. The molecule has 0 spiro atoms. The Balaban J connectivity index is 1.71. The first-order valence-electron chi connectivity index (χ1n) is 7.67. The van der Waals surface area contributed by atoms with E-state index in [0.717, 1.165) is 5.56 Å². The molecule has 0 atom stereocenters. The molecule has 25 heavy (non-hydrogen) atoms. The van der Waals surface area contributed by atoms with Gasteiger partial charge >= 0.3 is 0 Å². The number of hydrogen-bond donors (Lipinski definition) is 2. The van der Waals surface area contributed by atoms with Crippen LogP contribution in [0.3, 0.4) is 0 Å². The SMILES string of the molecule is COc1ccccc1OCC(=O)NNC(=O)CCc1ccccc1Cl. The van der Waals surface area contributed by atoms with Crippen LogP contribution in [0.5, 0.6) is 11.5 Å². The van der Waals surface area contributed by atoms with Crippen LogP contribution in [0.1, 0.15) is 12.0 Å². The van der Waals surface area contributed by atoms with Gasteiger partial charge in [0.05, 0.1) is 7.11 Å². The van der Waals surface area contributed by atoms with Crippen molar-refractivity contribution >= 4 is 23.4 Å². The third-order valence-corrected chi connectivity index (χ3v) is 3.72. The van der Waals surface area contributed by atoms with Gasteiger partial charge in [-0.2, -0.15) is 0 Å². The minimum atomic E-state index is -0.475. The van der Waals surface area contributed by atoms with Crippen LogP contribution in [-0.2, 0) is 16.0 Å². The molecule has 0 aromatic heterocycles. The van der Waals surface area contributed by atoms with E-state index in [9.17, 15) is 9.59 Å². The number of benzene rings is 2. The second-order valence-corrected chi connectivity index (χ2v) is 5.53. The first kappa shape index (κ1) is 18.6. The second-order valence-electron chi connectivity index (χ2n) is 5.13. The molecule has 0 unspecified atom stereocenters. The van der Waals surface area contributed by atoms with E-state index in [-0.39, 0.29) is 18.9 Å². The Morgan fingerprint density at radius 2 is 1.60 bits per heavy atom. The molecule has 0 fully saturated rings. The number of hydrazine groups is 1. The minimum absolute atomic E-state index is 0.206. The van der Waals surface area contributed by atoms with Gasteiger partial charge in [0, 0.05) is 11.4 Å². The summed E-state index contributed by atoms with van der Waals surface area (Å²) in [5, 5.41) is 0.615. The summed E-state index contributed by atoms with van der Waals surface area (Å²) in [6, 6.07) is 14.3. The van der Waals surface area contributed by atoms with Crippen molar-refractivity contribution in [1.29, 1.82) is 0 Å². The number of ether oxygens (including phenoxy) is 2. The first-order valence-corrected chi connectivity index (χ1v) is 8.05. The Morgan fingerprint density at radius 3 is 2.32 bits per heavy atom. The molecule has 2 rings (SSSR count). The number of carbonyl (C=O) groups excluding carboxylic acids is 2. The summed E-state index contributed by atoms with van der Waals surface area (Å²) in [7, 11) is 1.52. The second kappa shape index (κ2) is 9.54. The summed E-state index contributed by atoms with van der Waals surface area (Å²) < 4.78 is 10.5. The number of amides is 2. The monoisotopic (exact) mass is 362 g/mol. The Morgan fingerprint density at radius 1 is 0.960 bits per heavy atom. The number of aryl methyl sites for hydroxylation is 1. The highest BCUT2D eigenvalue weighted by atomic mass is 35.5. The van der Waals surface area contributed by atoms with Gasteiger partial charge in [0.15, 0.2) is 18.1 Å². The van der Waals surface area contributed by atoms with Crippen LogP contribution in [0.25, 0.3) is 0 Å². The molecule has 2 N–H and O–H groups in total. The molecule has 0 radical (unpaired) electrons. The number of para-hydroxylation sites is 2. The first-order chi connectivity index (χ1) is 12.1. The van der Waals surface area contributed by atoms with E-state index in [1.807, 2.05) is 18.2 Å². The van der Waals surface area contributed by atoms with E-state index in [2.05, 4.69) is 10.9 Å². The topological polar surface area (TPSA) is 76.7 Å². The van der Waals surface area contributed by atoms with Crippen LogP contribution in [-0.4, -0.2) is 25.5 Å².